The number of hydrogen-bond acceptors (Lipinski definition) is 5. The van der Waals surface area contributed by atoms with Crippen molar-refractivity contribution in [2.75, 3.05) is 13.2 Å². The zero-order chi connectivity index (χ0) is 27.1. The van der Waals surface area contributed by atoms with E-state index in [1.165, 1.54) is 42.5 Å². The molecular formula is C28H25F3N2O5. The standard InChI is InChI=1S/C28H25F3N2O5/c29-28(30,31)20-5-11-23(12-6-20)38-22-9-3-19(4-10-22)26(35)33-25(27(36)32-15-16-34)17-18-1-7-21(8-2-18)37-24-13-14-24/h1-12,17,24,34H,13-16H2,(H,32,36)(H,33,35)/b25-17-. The highest BCUT2D eigenvalue weighted by molar-refractivity contribution is 6.05. The third-order valence-corrected chi connectivity index (χ3v) is 5.44. The number of carbonyl (C=O) groups excluding carboxylic acids is 2. The van der Waals surface area contributed by atoms with Crippen LogP contribution in [0.1, 0.15) is 34.3 Å². The Bertz CT molecular complexity index is 1280. The number of ether oxygens (including phenoxy) is 2. The fourth-order valence-corrected chi connectivity index (χ4v) is 3.33. The molecule has 0 bridgehead atoms. The second-order valence-corrected chi connectivity index (χ2v) is 8.53. The molecule has 1 aliphatic carbocycles. The van der Waals surface area contributed by atoms with E-state index in [-0.39, 0.29) is 36.3 Å². The van der Waals surface area contributed by atoms with E-state index in [4.69, 9.17) is 14.6 Å². The molecular weight excluding hydrogens is 501 g/mol. The van der Waals surface area contributed by atoms with Crippen LogP contribution < -0.4 is 20.1 Å². The first-order valence-corrected chi connectivity index (χ1v) is 11.9. The maximum atomic E-state index is 12.9. The third kappa shape index (κ3) is 7.59. The van der Waals surface area contributed by atoms with Crippen LogP contribution in [0, 0.1) is 0 Å². The topological polar surface area (TPSA) is 96.9 Å². The average molecular weight is 527 g/mol. The van der Waals surface area contributed by atoms with Crippen molar-refractivity contribution in [3.63, 3.8) is 0 Å². The summed E-state index contributed by atoms with van der Waals surface area (Å²) in [6.07, 6.45) is -0.616. The molecule has 38 heavy (non-hydrogen) atoms. The Morgan fingerprint density at radius 3 is 2.03 bits per heavy atom. The van der Waals surface area contributed by atoms with E-state index >= 15 is 0 Å². The number of hydrogen-bond donors (Lipinski definition) is 3. The Balaban J connectivity index is 1.43. The number of alkyl halides is 3. The number of rotatable bonds is 10. The molecule has 198 valence electrons. The molecule has 0 aliphatic heterocycles. The summed E-state index contributed by atoms with van der Waals surface area (Å²) in [5.74, 6) is 0.0949. The number of benzene rings is 3. The lowest BCUT2D eigenvalue weighted by molar-refractivity contribution is -0.137. The van der Waals surface area contributed by atoms with Crippen LogP contribution >= 0.6 is 0 Å². The molecule has 3 aromatic rings. The van der Waals surface area contributed by atoms with E-state index < -0.39 is 23.6 Å². The fraction of sp³-hybridized carbons (Fsp3) is 0.214. The second-order valence-electron chi connectivity index (χ2n) is 8.53. The number of aliphatic hydroxyl groups is 1. The lowest BCUT2D eigenvalue weighted by Gasteiger charge is -2.12. The molecule has 7 nitrogen and oxygen atoms in total. The van der Waals surface area contributed by atoms with Crippen molar-refractivity contribution in [2.24, 2.45) is 0 Å². The summed E-state index contributed by atoms with van der Waals surface area (Å²) in [4.78, 5) is 25.5. The minimum Gasteiger partial charge on any atom is -0.490 e. The Labute approximate surface area is 216 Å². The van der Waals surface area contributed by atoms with Crippen LogP contribution in [0.2, 0.25) is 0 Å². The molecule has 0 heterocycles. The SMILES string of the molecule is O=C(NCCO)/C(=C/c1ccc(OC2CC2)cc1)NC(=O)c1ccc(Oc2ccc(C(F)(F)F)cc2)cc1. The Morgan fingerprint density at radius 2 is 1.47 bits per heavy atom. The van der Waals surface area contributed by atoms with Crippen LogP contribution in [-0.2, 0) is 11.0 Å². The van der Waals surface area contributed by atoms with E-state index in [9.17, 15) is 22.8 Å². The smallest absolute Gasteiger partial charge is 0.416 e. The lowest BCUT2D eigenvalue weighted by Crippen LogP contribution is -2.36. The van der Waals surface area contributed by atoms with Gasteiger partial charge in [0.1, 0.15) is 22.9 Å². The molecule has 1 aliphatic rings. The Kier molecular flexibility index (Phi) is 8.32. The summed E-state index contributed by atoms with van der Waals surface area (Å²) in [7, 11) is 0. The van der Waals surface area contributed by atoms with Gasteiger partial charge in [0.25, 0.3) is 11.8 Å². The summed E-state index contributed by atoms with van der Waals surface area (Å²) >= 11 is 0. The highest BCUT2D eigenvalue weighted by Crippen LogP contribution is 2.31. The Hall–Kier alpha value is -4.31. The number of amides is 2. The molecule has 1 fully saturated rings. The maximum absolute atomic E-state index is 12.9. The molecule has 0 atom stereocenters. The largest absolute Gasteiger partial charge is 0.490 e. The van der Waals surface area contributed by atoms with Gasteiger partial charge in [0, 0.05) is 12.1 Å². The summed E-state index contributed by atoms with van der Waals surface area (Å²) in [6, 6.07) is 17.2. The van der Waals surface area contributed by atoms with Crippen LogP contribution in [-0.4, -0.2) is 36.2 Å². The first-order valence-electron chi connectivity index (χ1n) is 11.9. The second kappa shape index (κ2) is 11.8. The van der Waals surface area contributed by atoms with E-state index in [1.54, 1.807) is 24.3 Å². The Morgan fingerprint density at radius 1 is 0.895 bits per heavy atom. The van der Waals surface area contributed by atoms with Crippen LogP contribution in [0.5, 0.6) is 17.2 Å². The summed E-state index contributed by atoms with van der Waals surface area (Å²) in [6.45, 7) is -0.253. The number of aliphatic hydroxyl groups excluding tert-OH is 1. The van der Waals surface area contributed by atoms with Gasteiger partial charge in [-0.05, 0) is 85.1 Å². The molecule has 2 amide bonds. The monoisotopic (exact) mass is 526 g/mol. The number of nitrogens with one attached hydrogen (secondary N) is 2. The molecule has 3 N–H and O–H groups in total. The van der Waals surface area contributed by atoms with Crippen LogP contribution in [0.4, 0.5) is 13.2 Å². The van der Waals surface area contributed by atoms with Crippen molar-refractivity contribution in [2.45, 2.75) is 25.1 Å². The molecule has 0 unspecified atom stereocenters. The van der Waals surface area contributed by atoms with Gasteiger partial charge in [-0.25, -0.2) is 0 Å². The van der Waals surface area contributed by atoms with E-state index in [0.29, 0.717) is 11.3 Å². The summed E-state index contributed by atoms with van der Waals surface area (Å²) in [5, 5.41) is 14.1. The highest BCUT2D eigenvalue weighted by atomic mass is 19.4. The summed E-state index contributed by atoms with van der Waals surface area (Å²) in [5.41, 5.74) is 0.0670. The fourth-order valence-electron chi connectivity index (χ4n) is 3.33. The van der Waals surface area contributed by atoms with Gasteiger partial charge in [-0.3, -0.25) is 9.59 Å². The van der Waals surface area contributed by atoms with Crippen molar-refractivity contribution in [3.05, 3.63) is 95.2 Å². The first-order chi connectivity index (χ1) is 18.2. The molecule has 3 aromatic carbocycles. The van der Waals surface area contributed by atoms with Crippen molar-refractivity contribution in [3.8, 4) is 17.2 Å². The van der Waals surface area contributed by atoms with Gasteiger partial charge in [0.05, 0.1) is 18.3 Å². The normalized spacial score (nSPS) is 13.5. The average Bonchev–Trinajstić information content (AvgIpc) is 3.72. The van der Waals surface area contributed by atoms with Gasteiger partial charge < -0.3 is 25.2 Å². The van der Waals surface area contributed by atoms with Crippen LogP contribution in [0.15, 0.2) is 78.5 Å². The van der Waals surface area contributed by atoms with Crippen molar-refractivity contribution >= 4 is 17.9 Å². The molecule has 0 saturated heterocycles. The molecule has 0 radical (unpaired) electrons. The number of carbonyl (C=O) groups is 2. The summed E-state index contributed by atoms with van der Waals surface area (Å²) < 4.78 is 49.5. The zero-order valence-corrected chi connectivity index (χ0v) is 20.1. The van der Waals surface area contributed by atoms with Gasteiger partial charge in [0.15, 0.2) is 0 Å². The van der Waals surface area contributed by atoms with E-state index in [1.807, 2.05) is 0 Å². The minimum absolute atomic E-state index is 0.0101. The lowest BCUT2D eigenvalue weighted by atomic mass is 10.1. The first kappa shape index (κ1) is 26.7. The zero-order valence-electron chi connectivity index (χ0n) is 20.1. The predicted molar refractivity (Wildman–Crippen MR) is 134 cm³/mol. The van der Waals surface area contributed by atoms with Crippen molar-refractivity contribution in [1.29, 1.82) is 0 Å². The third-order valence-electron chi connectivity index (χ3n) is 5.44. The van der Waals surface area contributed by atoms with Crippen LogP contribution in [0.25, 0.3) is 6.08 Å². The highest BCUT2D eigenvalue weighted by Gasteiger charge is 2.30. The minimum atomic E-state index is -4.44. The molecule has 1 saturated carbocycles. The molecule has 0 aromatic heterocycles. The van der Waals surface area contributed by atoms with E-state index in [2.05, 4.69) is 10.6 Å². The molecule has 4 rings (SSSR count). The van der Waals surface area contributed by atoms with Crippen molar-refractivity contribution < 1.29 is 37.3 Å². The predicted octanol–water partition coefficient (Wildman–Crippen LogP) is 4.92. The van der Waals surface area contributed by atoms with Crippen molar-refractivity contribution in [1.82, 2.24) is 10.6 Å². The molecule has 0 spiro atoms. The van der Waals surface area contributed by atoms with Gasteiger partial charge >= 0.3 is 6.18 Å². The quantitative estimate of drug-likeness (QED) is 0.326. The number of halogens is 3. The molecule has 10 heteroatoms. The van der Waals surface area contributed by atoms with Gasteiger partial charge in [-0.1, -0.05) is 12.1 Å². The van der Waals surface area contributed by atoms with Gasteiger partial charge in [-0.2, -0.15) is 13.2 Å². The van der Waals surface area contributed by atoms with Crippen LogP contribution in [0.3, 0.4) is 0 Å². The maximum Gasteiger partial charge on any atom is 0.416 e. The van der Waals surface area contributed by atoms with Gasteiger partial charge in [-0.15, -0.1) is 0 Å². The van der Waals surface area contributed by atoms with Gasteiger partial charge in [0.2, 0.25) is 0 Å². The van der Waals surface area contributed by atoms with E-state index in [0.717, 1.165) is 30.7 Å².